The number of benzene rings is 2. The molecule has 0 saturated heterocycles. The maximum absolute atomic E-state index is 12.7. The molecular formula is C21H19ClN2O. The molecule has 1 heterocycles. The fourth-order valence-electron chi connectivity index (χ4n) is 2.83. The van der Waals surface area contributed by atoms with E-state index in [0.29, 0.717) is 22.7 Å². The van der Waals surface area contributed by atoms with E-state index in [1.165, 1.54) is 0 Å². The van der Waals surface area contributed by atoms with Gasteiger partial charge in [-0.05, 0) is 37.1 Å². The number of hydrogen-bond acceptors (Lipinski definition) is 2. The molecule has 0 bridgehead atoms. The van der Waals surface area contributed by atoms with Gasteiger partial charge in [-0.1, -0.05) is 60.1 Å². The number of anilines is 1. The summed E-state index contributed by atoms with van der Waals surface area (Å²) in [5, 5.41) is 3.36. The van der Waals surface area contributed by atoms with E-state index in [0.717, 1.165) is 22.5 Å². The molecule has 0 saturated carbocycles. The summed E-state index contributed by atoms with van der Waals surface area (Å²) in [6.45, 7) is 3.74. The average Bonchev–Trinajstić information content (AvgIpc) is 2.60. The summed E-state index contributed by atoms with van der Waals surface area (Å²) < 4.78 is 0. The summed E-state index contributed by atoms with van der Waals surface area (Å²) >= 11 is 6.63. The lowest BCUT2D eigenvalue weighted by atomic mass is 10.00. The van der Waals surface area contributed by atoms with Crippen molar-refractivity contribution in [2.24, 2.45) is 0 Å². The van der Waals surface area contributed by atoms with E-state index in [-0.39, 0.29) is 5.91 Å². The first-order chi connectivity index (χ1) is 12.1. The normalized spacial score (nSPS) is 10.5. The highest BCUT2D eigenvalue weighted by Crippen LogP contribution is 2.28. The zero-order chi connectivity index (χ0) is 17.8. The summed E-state index contributed by atoms with van der Waals surface area (Å²) in [4.78, 5) is 17.3. The summed E-state index contributed by atoms with van der Waals surface area (Å²) in [5.41, 5.74) is 4.66. The van der Waals surface area contributed by atoms with Crippen molar-refractivity contribution in [1.82, 2.24) is 4.98 Å². The van der Waals surface area contributed by atoms with E-state index < -0.39 is 0 Å². The number of aromatic nitrogens is 1. The molecule has 4 heteroatoms. The first-order valence-corrected chi connectivity index (χ1v) is 8.50. The Balaban J connectivity index is 1.96. The molecule has 126 valence electrons. The minimum Gasteiger partial charge on any atom is -0.322 e. The molecule has 1 aromatic heterocycles. The molecular weight excluding hydrogens is 332 g/mol. The Morgan fingerprint density at radius 3 is 2.20 bits per heavy atom. The van der Waals surface area contributed by atoms with Crippen LogP contribution < -0.4 is 5.32 Å². The van der Waals surface area contributed by atoms with Crippen LogP contribution in [0.25, 0.3) is 0 Å². The quantitative estimate of drug-likeness (QED) is 0.703. The monoisotopic (exact) mass is 350 g/mol. The van der Waals surface area contributed by atoms with Crippen LogP contribution in [0.3, 0.4) is 0 Å². The number of rotatable bonds is 4. The Bertz CT molecular complexity index is 893. The second kappa shape index (κ2) is 7.49. The maximum Gasteiger partial charge on any atom is 0.259 e. The molecule has 2 aromatic carbocycles. The maximum atomic E-state index is 12.7. The number of nitrogens with zero attached hydrogens (tertiary/aromatic N) is 1. The van der Waals surface area contributed by atoms with Crippen molar-refractivity contribution in [3.05, 3.63) is 93.8 Å². The lowest BCUT2D eigenvalue weighted by Gasteiger charge is -2.15. The molecule has 25 heavy (non-hydrogen) atoms. The largest absolute Gasteiger partial charge is 0.322 e. The second-order valence-electron chi connectivity index (χ2n) is 5.93. The Labute approximate surface area is 152 Å². The lowest BCUT2D eigenvalue weighted by Crippen LogP contribution is -2.16. The molecule has 1 N–H and O–H groups in total. The molecule has 3 nitrogen and oxygen atoms in total. The fraction of sp³-hybridized carbons (Fsp3) is 0.143. The van der Waals surface area contributed by atoms with E-state index in [4.69, 9.17) is 11.6 Å². The van der Waals surface area contributed by atoms with E-state index in [9.17, 15) is 4.79 Å². The lowest BCUT2D eigenvalue weighted by molar-refractivity contribution is 0.102. The van der Waals surface area contributed by atoms with Crippen molar-refractivity contribution in [3.63, 3.8) is 0 Å². The first-order valence-electron chi connectivity index (χ1n) is 8.12. The van der Waals surface area contributed by atoms with Crippen LogP contribution in [-0.2, 0) is 6.42 Å². The Morgan fingerprint density at radius 1 is 0.960 bits per heavy atom. The second-order valence-corrected chi connectivity index (χ2v) is 6.31. The van der Waals surface area contributed by atoms with E-state index >= 15 is 0 Å². The highest BCUT2D eigenvalue weighted by atomic mass is 35.5. The van der Waals surface area contributed by atoms with Gasteiger partial charge >= 0.3 is 0 Å². The zero-order valence-corrected chi connectivity index (χ0v) is 15.0. The number of amides is 1. The number of nitrogens with one attached hydrogen (secondary N) is 1. The number of carbonyl (C=O) groups excluding carboxylic acids is 1. The van der Waals surface area contributed by atoms with Crippen LogP contribution >= 0.6 is 11.6 Å². The predicted molar refractivity (Wildman–Crippen MR) is 102 cm³/mol. The molecule has 0 aliphatic rings. The van der Waals surface area contributed by atoms with E-state index in [1.807, 2.05) is 74.5 Å². The van der Waals surface area contributed by atoms with Gasteiger partial charge in [0.25, 0.3) is 5.91 Å². The topological polar surface area (TPSA) is 42.0 Å². The Morgan fingerprint density at radius 2 is 1.56 bits per heavy atom. The van der Waals surface area contributed by atoms with Crippen molar-refractivity contribution in [2.75, 3.05) is 5.32 Å². The third-order valence-corrected chi connectivity index (χ3v) is 4.52. The number of aryl methyl sites for hydroxylation is 2. The van der Waals surface area contributed by atoms with Crippen LogP contribution in [0.5, 0.6) is 0 Å². The smallest absolute Gasteiger partial charge is 0.259 e. The molecule has 0 atom stereocenters. The summed E-state index contributed by atoms with van der Waals surface area (Å²) in [7, 11) is 0. The first kappa shape index (κ1) is 17.2. The molecule has 0 spiro atoms. The van der Waals surface area contributed by atoms with E-state index in [1.54, 1.807) is 0 Å². The minimum absolute atomic E-state index is 0.240. The van der Waals surface area contributed by atoms with Crippen molar-refractivity contribution < 1.29 is 4.79 Å². The molecule has 3 rings (SSSR count). The standard InChI is InChI=1S/C21H19ClN2O/c1-14-18(13-16-9-5-3-6-10-16)20(22)19(15(2)23-14)21(25)24-17-11-7-4-8-12-17/h3-12H,13H2,1-2H3,(H,24,25). The molecule has 3 aromatic rings. The Hall–Kier alpha value is -2.65. The molecule has 0 radical (unpaired) electrons. The van der Waals surface area contributed by atoms with Crippen LogP contribution in [0, 0.1) is 13.8 Å². The number of halogens is 1. The number of para-hydroxylation sites is 1. The van der Waals surface area contributed by atoms with Crippen LogP contribution in [0.1, 0.15) is 32.9 Å². The summed E-state index contributed by atoms with van der Waals surface area (Å²) in [5.74, 6) is -0.240. The minimum atomic E-state index is -0.240. The van der Waals surface area contributed by atoms with Crippen LogP contribution in [0.15, 0.2) is 60.7 Å². The molecule has 0 aliphatic carbocycles. The molecule has 0 unspecified atom stereocenters. The van der Waals surface area contributed by atoms with Crippen LogP contribution in [-0.4, -0.2) is 10.9 Å². The third kappa shape index (κ3) is 3.89. The highest BCUT2D eigenvalue weighted by Gasteiger charge is 2.20. The molecule has 0 aliphatic heterocycles. The van der Waals surface area contributed by atoms with Gasteiger partial charge in [-0.25, -0.2) is 0 Å². The molecule has 1 amide bonds. The van der Waals surface area contributed by atoms with Gasteiger partial charge in [0.2, 0.25) is 0 Å². The average molecular weight is 351 g/mol. The predicted octanol–water partition coefficient (Wildman–Crippen LogP) is 5.19. The van der Waals surface area contributed by atoms with Crippen molar-refractivity contribution in [2.45, 2.75) is 20.3 Å². The molecule has 0 fully saturated rings. The Kier molecular flexibility index (Phi) is 5.15. The number of hydrogen-bond donors (Lipinski definition) is 1. The zero-order valence-electron chi connectivity index (χ0n) is 14.2. The summed E-state index contributed by atoms with van der Waals surface area (Å²) in [6.07, 6.45) is 0.643. The van der Waals surface area contributed by atoms with Gasteiger partial charge in [-0.2, -0.15) is 0 Å². The SMILES string of the molecule is Cc1nc(C)c(C(=O)Nc2ccccc2)c(Cl)c1Cc1ccccc1. The van der Waals surface area contributed by atoms with Crippen LogP contribution in [0.4, 0.5) is 5.69 Å². The van der Waals surface area contributed by atoms with Crippen molar-refractivity contribution >= 4 is 23.2 Å². The summed E-state index contributed by atoms with van der Waals surface area (Å²) in [6, 6.07) is 19.4. The highest BCUT2D eigenvalue weighted by molar-refractivity contribution is 6.35. The van der Waals surface area contributed by atoms with Crippen molar-refractivity contribution in [3.8, 4) is 0 Å². The number of pyridine rings is 1. The fourth-order valence-corrected chi connectivity index (χ4v) is 3.25. The third-order valence-electron chi connectivity index (χ3n) is 4.10. The van der Waals surface area contributed by atoms with Crippen molar-refractivity contribution in [1.29, 1.82) is 0 Å². The van der Waals surface area contributed by atoms with Gasteiger partial charge in [0.05, 0.1) is 16.3 Å². The van der Waals surface area contributed by atoms with Gasteiger partial charge in [0.1, 0.15) is 0 Å². The van der Waals surface area contributed by atoms with E-state index in [2.05, 4.69) is 10.3 Å². The van der Waals surface area contributed by atoms with Gasteiger partial charge < -0.3 is 5.32 Å². The van der Waals surface area contributed by atoms with Gasteiger partial charge in [-0.15, -0.1) is 0 Å². The van der Waals surface area contributed by atoms with Gasteiger partial charge in [0.15, 0.2) is 0 Å². The number of carbonyl (C=O) groups is 1. The van der Waals surface area contributed by atoms with Gasteiger partial charge in [0, 0.05) is 17.8 Å². The van der Waals surface area contributed by atoms with Gasteiger partial charge in [-0.3, -0.25) is 9.78 Å². The van der Waals surface area contributed by atoms with Crippen LogP contribution in [0.2, 0.25) is 5.02 Å².